The molecular weight excluding hydrogens is 340 g/mol. The van der Waals surface area contributed by atoms with Crippen LogP contribution >= 0.6 is 15.9 Å². The van der Waals surface area contributed by atoms with Crippen molar-refractivity contribution in [2.75, 3.05) is 5.73 Å². The van der Waals surface area contributed by atoms with Gasteiger partial charge in [0.2, 0.25) is 0 Å². The van der Waals surface area contributed by atoms with E-state index in [1.165, 1.54) is 6.07 Å². The van der Waals surface area contributed by atoms with E-state index in [4.69, 9.17) is 11.0 Å². The van der Waals surface area contributed by atoms with E-state index in [-0.39, 0.29) is 16.3 Å². The summed E-state index contributed by atoms with van der Waals surface area (Å²) in [6, 6.07) is 13.2. The summed E-state index contributed by atoms with van der Waals surface area (Å²) in [7, 11) is -3.54. The normalized spacial score (nSPS) is 11.0. The van der Waals surface area contributed by atoms with E-state index in [0.29, 0.717) is 11.1 Å². The van der Waals surface area contributed by atoms with Crippen molar-refractivity contribution < 1.29 is 8.42 Å². The Labute approximate surface area is 125 Å². The summed E-state index contributed by atoms with van der Waals surface area (Å²) in [5, 5.41) is 8.83. The lowest BCUT2D eigenvalue weighted by Gasteiger charge is -2.08. The molecule has 4 nitrogen and oxygen atoms in total. The first-order chi connectivity index (χ1) is 9.42. The fourth-order valence-electron chi connectivity index (χ4n) is 1.83. The van der Waals surface area contributed by atoms with Crippen LogP contribution in [-0.4, -0.2) is 8.42 Å². The topological polar surface area (TPSA) is 84.0 Å². The standard InChI is InChI=1S/C14H11BrN2O2S/c15-12-4-5-14(13(17)7-12)20(18,19)9-11-3-1-2-10(6-11)8-16/h1-7H,9,17H2. The maximum atomic E-state index is 12.4. The third-order valence-electron chi connectivity index (χ3n) is 2.72. The molecule has 0 unspecified atom stereocenters. The second-order valence-electron chi connectivity index (χ2n) is 4.25. The van der Waals surface area contributed by atoms with Gasteiger partial charge in [0.15, 0.2) is 9.84 Å². The van der Waals surface area contributed by atoms with Gasteiger partial charge in [0, 0.05) is 4.47 Å². The SMILES string of the molecule is N#Cc1cccc(CS(=O)(=O)c2ccc(Br)cc2N)c1. The van der Waals surface area contributed by atoms with Gasteiger partial charge >= 0.3 is 0 Å². The van der Waals surface area contributed by atoms with Crippen molar-refractivity contribution in [2.45, 2.75) is 10.6 Å². The van der Waals surface area contributed by atoms with Crippen LogP contribution in [-0.2, 0) is 15.6 Å². The first-order valence-corrected chi connectivity index (χ1v) is 8.14. The third-order valence-corrected chi connectivity index (χ3v) is 4.97. The van der Waals surface area contributed by atoms with Crippen molar-refractivity contribution in [3.8, 4) is 6.07 Å². The Morgan fingerprint density at radius 3 is 2.60 bits per heavy atom. The predicted octanol–water partition coefficient (Wildman–Crippen LogP) is 2.88. The first-order valence-electron chi connectivity index (χ1n) is 5.69. The van der Waals surface area contributed by atoms with Crippen LogP contribution in [0.5, 0.6) is 0 Å². The number of halogens is 1. The molecule has 2 aromatic carbocycles. The Bertz CT molecular complexity index is 795. The molecule has 6 heteroatoms. The monoisotopic (exact) mass is 350 g/mol. The largest absolute Gasteiger partial charge is 0.398 e. The molecule has 0 fully saturated rings. The van der Waals surface area contributed by atoms with E-state index in [0.717, 1.165) is 4.47 Å². The number of nitrogen functional groups attached to an aromatic ring is 1. The number of anilines is 1. The number of rotatable bonds is 3. The van der Waals surface area contributed by atoms with Gasteiger partial charge < -0.3 is 5.73 Å². The molecule has 20 heavy (non-hydrogen) atoms. The van der Waals surface area contributed by atoms with E-state index < -0.39 is 9.84 Å². The summed E-state index contributed by atoms with van der Waals surface area (Å²) in [6.07, 6.45) is 0. The fraction of sp³-hybridized carbons (Fsp3) is 0.0714. The molecule has 0 saturated heterocycles. The molecule has 2 rings (SSSR count). The summed E-state index contributed by atoms with van der Waals surface area (Å²) >= 11 is 3.24. The maximum absolute atomic E-state index is 12.4. The van der Waals surface area contributed by atoms with Gasteiger partial charge in [0.1, 0.15) is 0 Å². The molecule has 0 heterocycles. The summed E-state index contributed by atoms with van der Waals surface area (Å²) < 4.78 is 25.4. The quantitative estimate of drug-likeness (QED) is 0.862. The molecule has 0 aromatic heterocycles. The van der Waals surface area contributed by atoms with E-state index >= 15 is 0 Å². The smallest absolute Gasteiger partial charge is 0.184 e. The van der Waals surface area contributed by atoms with Gasteiger partial charge in [-0.1, -0.05) is 28.1 Å². The highest BCUT2D eigenvalue weighted by Crippen LogP contribution is 2.25. The zero-order valence-corrected chi connectivity index (χ0v) is 12.8. The molecule has 0 radical (unpaired) electrons. The number of nitrogens with zero attached hydrogens (tertiary/aromatic N) is 1. The van der Waals surface area contributed by atoms with Crippen LogP contribution < -0.4 is 5.73 Å². The van der Waals surface area contributed by atoms with Crippen LogP contribution in [0.15, 0.2) is 51.8 Å². The molecule has 0 aliphatic heterocycles. The minimum Gasteiger partial charge on any atom is -0.398 e. The lowest BCUT2D eigenvalue weighted by atomic mass is 10.2. The highest BCUT2D eigenvalue weighted by molar-refractivity contribution is 9.10. The van der Waals surface area contributed by atoms with Gasteiger partial charge in [0.05, 0.1) is 28.0 Å². The highest BCUT2D eigenvalue weighted by Gasteiger charge is 2.18. The first kappa shape index (κ1) is 14.6. The van der Waals surface area contributed by atoms with Gasteiger partial charge in [-0.25, -0.2) is 8.42 Å². The van der Waals surface area contributed by atoms with Crippen molar-refractivity contribution in [1.29, 1.82) is 5.26 Å². The molecule has 0 atom stereocenters. The molecule has 0 amide bonds. The number of nitriles is 1. The lowest BCUT2D eigenvalue weighted by Crippen LogP contribution is -2.08. The van der Waals surface area contributed by atoms with Crippen LogP contribution in [0.3, 0.4) is 0 Å². The lowest BCUT2D eigenvalue weighted by molar-refractivity contribution is 0.595. The number of nitrogens with two attached hydrogens (primary N) is 1. The van der Waals surface area contributed by atoms with Crippen molar-refractivity contribution in [1.82, 2.24) is 0 Å². The molecule has 0 aliphatic rings. The predicted molar refractivity (Wildman–Crippen MR) is 80.6 cm³/mol. The molecule has 0 saturated carbocycles. The molecule has 102 valence electrons. The molecule has 0 bridgehead atoms. The fourth-order valence-corrected chi connectivity index (χ4v) is 3.68. The number of hydrogen-bond donors (Lipinski definition) is 1. The second-order valence-corrected chi connectivity index (χ2v) is 7.13. The van der Waals surface area contributed by atoms with Gasteiger partial charge in [-0.15, -0.1) is 0 Å². The molecule has 0 spiro atoms. The molecule has 2 N–H and O–H groups in total. The highest BCUT2D eigenvalue weighted by atomic mass is 79.9. The molecule has 0 aliphatic carbocycles. The number of hydrogen-bond acceptors (Lipinski definition) is 4. The Balaban J connectivity index is 2.38. The maximum Gasteiger partial charge on any atom is 0.184 e. The zero-order valence-electron chi connectivity index (χ0n) is 10.4. The second kappa shape index (κ2) is 5.65. The summed E-state index contributed by atoms with van der Waals surface area (Å²) in [4.78, 5) is 0.100. The zero-order chi connectivity index (χ0) is 14.8. The van der Waals surface area contributed by atoms with Crippen molar-refractivity contribution >= 4 is 31.5 Å². The Morgan fingerprint density at radius 2 is 1.95 bits per heavy atom. The number of sulfone groups is 1. The minimum absolute atomic E-state index is 0.100. The van der Waals surface area contributed by atoms with Crippen LogP contribution in [0.2, 0.25) is 0 Å². The van der Waals surface area contributed by atoms with Crippen LogP contribution in [0.1, 0.15) is 11.1 Å². The van der Waals surface area contributed by atoms with Crippen molar-refractivity contribution in [3.63, 3.8) is 0 Å². The Kier molecular flexibility index (Phi) is 4.12. The van der Waals surface area contributed by atoms with Gasteiger partial charge in [-0.3, -0.25) is 0 Å². The number of benzene rings is 2. The van der Waals surface area contributed by atoms with Gasteiger partial charge in [0.25, 0.3) is 0 Å². The minimum atomic E-state index is -3.54. The third kappa shape index (κ3) is 3.18. The van der Waals surface area contributed by atoms with Crippen LogP contribution in [0, 0.1) is 11.3 Å². The molecule has 2 aromatic rings. The van der Waals surface area contributed by atoms with Crippen LogP contribution in [0.4, 0.5) is 5.69 Å². The average Bonchev–Trinajstić information content (AvgIpc) is 2.37. The van der Waals surface area contributed by atoms with Gasteiger partial charge in [-0.05, 0) is 35.9 Å². The van der Waals surface area contributed by atoms with Crippen molar-refractivity contribution in [3.05, 3.63) is 58.1 Å². The Hall–Kier alpha value is -1.84. The molecular formula is C14H11BrN2O2S. The van der Waals surface area contributed by atoms with E-state index in [2.05, 4.69) is 15.9 Å². The summed E-state index contributed by atoms with van der Waals surface area (Å²) in [5.41, 5.74) is 6.95. The van der Waals surface area contributed by atoms with E-state index in [9.17, 15) is 8.42 Å². The summed E-state index contributed by atoms with van der Waals surface area (Å²) in [5.74, 6) is -0.186. The van der Waals surface area contributed by atoms with Crippen LogP contribution in [0.25, 0.3) is 0 Å². The van der Waals surface area contributed by atoms with Gasteiger partial charge in [-0.2, -0.15) is 5.26 Å². The van der Waals surface area contributed by atoms with Crippen molar-refractivity contribution in [2.24, 2.45) is 0 Å². The summed E-state index contributed by atoms with van der Waals surface area (Å²) in [6.45, 7) is 0. The Morgan fingerprint density at radius 1 is 1.20 bits per heavy atom. The van der Waals surface area contributed by atoms with E-state index in [1.807, 2.05) is 6.07 Å². The van der Waals surface area contributed by atoms with E-state index in [1.54, 1.807) is 36.4 Å². The average molecular weight is 351 g/mol.